The topological polar surface area (TPSA) is 43.4 Å². The van der Waals surface area contributed by atoms with Crippen LogP contribution in [0.4, 0.5) is 0 Å². The molecule has 0 saturated carbocycles. The largest absolute Gasteiger partial charge is 0.386 e. The third-order valence-corrected chi connectivity index (χ3v) is 5.43. The van der Waals surface area contributed by atoms with Gasteiger partial charge in [0.05, 0.1) is 0 Å². The van der Waals surface area contributed by atoms with Crippen LogP contribution in [-0.2, 0) is 14.3 Å². The molecule has 2 unspecified atom stereocenters. The number of hydrogen-bond donors (Lipinski definition) is 0. The summed E-state index contributed by atoms with van der Waals surface area (Å²) in [5.41, 5.74) is 1.06. The molecule has 0 aliphatic heterocycles. The third kappa shape index (κ3) is 11.8. The van der Waals surface area contributed by atoms with Crippen LogP contribution in [0.15, 0.2) is 23.3 Å². The number of rotatable bonds is 14. The van der Waals surface area contributed by atoms with Crippen molar-refractivity contribution in [3.8, 4) is 0 Å². The van der Waals surface area contributed by atoms with Crippen molar-refractivity contribution in [2.45, 2.75) is 106 Å². The fraction of sp³-hybridized carbons (Fsp3) is 0.750. The molecule has 0 aliphatic carbocycles. The molecule has 0 amide bonds. The minimum absolute atomic E-state index is 0.517. The molecule has 0 bridgehead atoms. The monoisotopic (exact) mass is 378 g/mol. The van der Waals surface area contributed by atoms with Gasteiger partial charge in [0.25, 0.3) is 0 Å². The fourth-order valence-electron chi connectivity index (χ4n) is 3.06. The molecule has 3 heteroatoms. The molecule has 0 spiro atoms. The summed E-state index contributed by atoms with van der Waals surface area (Å²) in [6.07, 6.45) is 15.0. The van der Waals surface area contributed by atoms with Crippen LogP contribution in [0.25, 0.3) is 0 Å². The number of unbranched alkanes of at least 4 members (excludes halogenated alkanes) is 2. The lowest BCUT2D eigenvalue weighted by atomic mass is 9.95. The zero-order valence-electron chi connectivity index (χ0n) is 18.6. The molecule has 0 N–H and O–H groups in total. The van der Waals surface area contributed by atoms with Crippen molar-refractivity contribution in [1.82, 2.24) is 0 Å². The summed E-state index contributed by atoms with van der Waals surface area (Å²) in [4.78, 5) is 24.3. The summed E-state index contributed by atoms with van der Waals surface area (Å²) in [7, 11) is 0. The highest BCUT2D eigenvalue weighted by Gasteiger charge is 2.15. The van der Waals surface area contributed by atoms with Gasteiger partial charge in [0, 0.05) is 11.1 Å². The van der Waals surface area contributed by atoms with Gasteiger partial charge in [0.1, 0.15) is 0 Å². The summed E-state index contributed by atoms with van der Waals surface area (Å²) < 4.78 is 5.05. The molecule has 0 aromatic carbocycles. The first-order chi connectivity index (χ1) is 12.9. The molecule has 0 rings (SSSR count). The molecule has 0 fully saturated rings. The molecule has 2 atom stereocenters. The summed E-state index contributed by atoms with van der Waals surface area (Å²) in [6, 6.07) is 0. The van der Waals surface area contributed by atoms with Gasteiger partial charge in [-0.2, -0.15) is 0 Å². The molecule has 27 heavy (non-hydrogen) atoms. The van der Waals surface area contributed by atoms with Crippen molar-refractivity contribution in [1.29, 1.82) is 0 Å². The van der Waals surface area contributed by atoms with Crippen LogP contribution in [0.5, 0.6) is 0 Å². The summed E-state index contributed by atoms with van der Waals surface area (Å²) >= 11 is 0. The fourth-order valence-corrected chi connectivity index (χ4v) is 3.06. The Balaban J connectivity index is 4.57. The third-order valence-electron chi connectivity index (χ3n) is 5.43. The summed E-state index contributed by atoms with van der Waals surface area (Å²) in [6.45, 7) is 12.2. The Morgan fingerprint density at radius 1 is 0.741 bits per heavy atom. The average Bonchev–Trinajstić information content (AvgIpc) is 2.67. The van der Waals surface area contributed by atoms with Gasteiger partial charge in [-0.1, -0.05) is 91.2 Å². The van der Waals surface area contributed by atoms with Gasteiger partial charge >= 0.3 is 11.9 Å². The van der Waals surface area contributed by atoms with Gasteiger partial charge in [0.15, 0.2) is 0 Å². The highest BCUT2D eigenvalue weighted by Crippen LogP contribution is 2.19. The molecule has 0 aromatic rings. The van der Waals surface area contributed by atoms with E-state index in [1.807, 2.05) is 12.2 Å². The lowest BCUT2D eigenvalue weighted by Gasteiger charge is -2.12. The van der Waals surface area contributed by atoms with E-state index in [2.05, 4.69) is 27.7 Å². The predicted molar refractivity (Wildman–Crippen MR) is 114 cm³/mol. The van der Waals surface area contributed by atoms with Crippen LogP contribution in [0.1, 0.15) is 106 Å². The van der Waals surface area contributed by atoms with E-state index in [0.717, 1.165) is 25.7 Å². The first-order valence-corrected chi connectivity index (χ1v) is 11.0. The molecule has 0 aromatic heterocycles. The first-order valence-electron chi connectivity index (χ1n) is 11.0. The Morgan fingerprint density at radius 3 is 1.41 bits per heavy atom. The summed E-state index contributed by atoms with van der Waals surface area (Å²) in [5, 5.41) is 0. The Bertz CT molecular complexity index is 444. The molecule has 0 aliphatic rings. The van der Waals surface area contributed by atoms with Crippen molar-refractivity contribution < 1.29 is 14.3 Å². The van der Waals surface area contributed by atoms with Gasteiger partial charge in [0.2, 0.25) is 0 Å². The van der Waals surface area contributed by atoms with Crippen LogP contribution < -0.4 is 0 Å². The van der Waals surface area contributed by atoms with Crippen LogP contribution >= 0.6 is 0 Å². The van der Waals surface area contributed by atoms with Crippen molar-refractivity contribution >= 4 is 11.9 Å². The highest BCUT2D eigenvalue weighted by atomic mass is 16.6. The highest BCUT2D eigenvalue weighted by molar-refractivity contribution is 6.01. The first kappa shape index (κ1) is 25.6. The quantitative estimate of drug-likeness (QED) is 0.183. The van der Waals surface area contributed by atoms with Crippen molar-refractivity contribution in [2.75, 3.05) is 0 Å². The Labute approximate surface area is 167 Å². The minimum atomic E-state index is -0.517. The van der Waals surface area contributed by atoms with Gasteiger partial charge in [-0.25, -0.2) is 9.59 Å². The van der Waals surface area contributed by atoms with Crippen LogP contribution in [0.3, 0.4) is 0 Å². The smallest absolute Gasteiger partial charge is 0.341 e. The van der Waals surface area contributed by atoms with E-state index >= 15 is 0 Å². The second-order valence-corrected chi connectivity index (χ2v) is 7.76. The maximum absolute atomic E-state index is 12.2. The molecule has 0 radical (unpaired) electrons. The molecule has 0 saturated heterocycles. The molecular weight excluding hydrogens is 336 g/mol. The minimum Gasteiger partial charge on any atom is -0.386 e. The van der Waals surface area contributed by atoms with Crippen LogP contribution in [0, 0.1) is 11.8 Å². The van der Waals surface area contributed by atoms with Gasteiger partial charge in [-0.05, 0) is 38.5 Å². The van der Waals surface area contributed by atoms with E-state index in [4.69, 9.17) is 4.74 Å². The van der Waals surface area contributed by atoms with E-state index in [0.29, 0.717) is 23.0 Å². The zero-order valence-corrected chi connectivity index (χ0v) is 18.6. The van der Waals surface area contributed by atoms with Crippen molar-refractivity contribution in [3.63, 3.8) is 0 Å². The van der Waals surface area contributed by atoms with E-state index in [-0.39, 0.29) is 0 Å². The van der Waals surface area contributed by atoms with Crippen LogP contribution in [0.2, 0.25) is 0 Å². The number of esters is 2. The molecule has 0 heterocycles. The number of ether oxygens (including phenoxy) is 1. The average molecular weight is 379 g/mol. The number of hydrogen-bond acceptors (Lipinski definition) is 3. The van der Waals surface area contributed by atoms with Crippen molar-refractivity contribution in [3.05, 3.63) is 23.3 Å². The zero-order chi connectivity index (χ0) is 20.7. The Morgan fingerprint density at radius 2 is 1.11 bits per heavy atom. The summed E-state index contributed by atoms with van der Waals surface area (Å²) in [5.74, 6) is 0.158. The van der Waals surface area contributed by atoms with Crippen LogP contribution in [-0.4, -0.2) is 11.9 Å². The normalized spacial score (nSPS) is 14.7. The van der Waals surface area contributed by atoms with Gasteiger partial charge in [-0.3, -0.25) is 0 Å². The maximum Gasteiger partial charge on any atom is 0.341 e. The predicted octanol–water partition coefficient (Wildman–Crippen LogP) is 7.16. The number of carbonyl (C=O) groups is 2. The van der Waals surface area contributed by atoms with E-state index < -0.39 is 11.9 Å². The number of allylic oxidation sites excluding steroid dienone is 2. The lowest BCUT2D eigenvalue weighted by molar-refractivity contribution is -0.154. The maximum atomic E-state index is 12.2. The van der Waals surface area contributed by atoms with Crippen molar-refractivity contribution in [2.24, 2.45) is 11.8 Å². The Hall–Kier alpha value is -1.38. The van der Waals surface area contributed by atoms with E-state index in [9.17, 15) is 9.59 Å². The molecular formula is C24H42O3. The molecule has 3 nitrogen and oxygen atoms in total. The van der Waals surface area contributed by atoms with E-state index in [1.54, 1.807) is 13.8 Å². The second-order valence-electron chi connectivity index (χ2n) is 7.76. The molecule has 156 valence electrons. The standard InChI is InChI=1S/C24H42O3/c1-7-11-13-21(9-3)17-15-19(5)23(25)27-24(26)20(6)16-18-22(10-4)14-12-8-2/h15-16,21-22H,7-14,17-18H2,1-6H3. The second kappa shape index (κ2) is 15.7. The SMILES string of the molecule is CCCCC(CC)CC=C(C)C(=O)OC(=O)C(C)=CCC(CC)CCCC. The number of carbonyl (C=O) groups excluding carboxylic acids is 2. The van der Waals surface area contributed by atoms with Gasteiger partial charge in [-0.15, -0.1) is 0 Å². The lowest BCUT2D eigenvalue weighted by Crippen LogP contribution is -2.14. The van der Waals surface area contributed by atoms with E-state index in [1.165, 1.54) is 38.5 Å². The Kier molecular flexibility index (Phi) is 14.9. The van der Waals surface area contributed by atoms with Gasteiger partial charge < -0.3 is 4.74 Å².